The Kier molecular flexibility index (Phi) is 3.59. The first-order valence-electron chi connectivity index (χ1n) is 4.31. The van der Waals surface area contributed by atoms with Crippen molar-refractivity contribution in [3.63, 3.8) is 0 Å². The summed E-state index contributed by atoms with van der Waals surface area (Å²) < 4.78 is 49.9. The van der Waals surface area contributed by atoms with Crippen LogP contribution in [0.2, 0.25) is 0 Å². The lowest BCUT2D eigenvalue weighted by molar-refractivity contribution is -0.165. The zero-order valence-corrected chi connectivity index (χ0v) is 8.46. The molecule has 0 saturated heterocycles. The molecule has 0 saturated carbocycles. The fraction of sp³-hybridized carbons (Fsp3) is 0.556. The molecule has 6 heteroatoms. The highest BCUT2D eigenvalue weighted by atomic mass is 32.1. The molecule has 84 valence electrons. The average molecular weight is 239 g/mol. The second-order valence-electron chi connectivity index (χ2n) is 3.47. The van der Waals surface area contributed by atoms with Gasteiger partial charge in [-0.25, -0.2) is 4.39 Å². The predicted octanol–water partition coefficient (Wildman–Crippen LogP) is 3.45. The van der Waals surface area contributed by atoms with Crippen LogP contribution in [0.15, 0.2) is 11.9 Å². The first-order chi connectivity index (χ1) is 6.84. The summed E-state index contributed by atoms with van der Waals surface area (Å²) in [6.07, 6.45) is -4.30. The summed E-state index contributed by atoms with van der Waals surface area (Å²) in [5.74, 6) is -3.36. The van der Waals surface area contributed by atoms with Crippen LogP contribution in [0.3, 0.4) is 0 Å². The molecule has 0 aromatic heterocycles. The van der Waals surface area contributed by atoms with E-state index in [1.807, 2.05) is 0 Å². The Morgan fingerprint density at radius 1 is 1.53 bits per heavy atom. The zero-order valence-electron chi connectivity index (χ0n) is 7.64. The van der Waals surface area contributed by atoms with E-state index in [1.54, 1.807) is 0 Å². The van der Waals surface area contributed by atoms with Gasteiger partial charge in [0, 0.05) is 23.4 Å². The number of thiocarbonyl (C=S) groups is 1. The molecule has 1 aliphatic rings. The SMILES string of the molecule is N=C(C=S)C1CC(F)=CC(C(F)(F)F)C1. The molecule has 2 unspecified atom stereocenters. The molecule has 0 spiro atoms. The minimum absolute atomic E-state index is 0.109. The van der Waals surface area contributed by atoms with Crippen LogP contribution in [-0.2, 0) is 0 Å². The maximum Gasteiger partial charge on any atom is 0.395 e. The third kappa shape index (κ3) is 3.09. The molecule has 1 aliphatic carbocycles. The van der Waals surface area contributed by atoms with Gasteiger partial charge in [-0.15, -0.1) is 0 Å². The number of hydrogen-bond acceptors (Lipinski definition) is 2. The highest BCUT2D eigenvalue weighted by Gasteiger charge is 2.42. The Balaban J connectivity index is 2.84. The summed E-state index contributed by atoms with van der Waals surface area (Å²) in [5.41, 5.74) is -0.109. The number of allylic oxidation sites excluding steroid dienone is 2. The van der Waals surface area contributed by atoms with Crippen LogP contribution >= 0.6 is 12.2 Å². The summed E-state index contributed by atoms with van der Waals surface area (Å²) in [4.78, 5) is 0. The quantitative estimate of drug-likeness (QED) is 0.445. The Morgan fingerprint density at radius 2 is 2.13 bits per heavy atom. The maximum atomic E-state index is 12.9. The molecule has 0 fully saturated rings. The molecule has 2 atom stereocenters. The van der Waals surface area contributed by atoms with E-state index in [-0.39, 0.29) is 18.6 Å². The fourth-order valence-corrected chi connectivity index (χ4v) is 1.73. The van der Waals surface area contributed by atoms with E-state index in [2.05, 4.69) is 12.2 Å². The normalized spacial score (nSPS) is 27.1. The van der Waals surface area contributed by atoms with E-state index < -0.39 is 23.8 Å². The van der Waals surface area contributed by atoms with Crippen molar-refractivity contribution >= 4 is 23.3 Å². The van der Waals surface area contributed by atoms with E-state index in [1.165, 1.54) is 0 Å². The van der Waals surface area contributed by atoms with E-state index in [0.29, 0.717) is 6.08 Å². The molecule has 1 rings (SSSR count). The topological polar surface area (TPSA) is 23.9 Å². The first-order valence-corrected chi connectivity index (χ1v) is 4.78. The minimum atomic E-state index is -4.45. The van der Waals surface area contributed by atoms with Gasteiger partial charge < -0.3 is 5.41 Å². The van der Waals surface area contributed by atoms with Crippen molar-refractivity contribution < 1.29 is 17.6 Å². The van der Waals surface area contributed by atoms with Crippen LogP contribution in [0, 0.1) is 17.2 Å². The lowest BCUT2D eigenvalue weighted by Gasteiger charge is -2.26. The summed E-state index contributed by atoms with van der Waals surface area (Å²) in [6.45, 7) is 0. The Bertz CT molecular complexity index is 308. The maximum absolute atomic E-state index is 12.9. The van der Waals surface area contributed by atoms with Crippen molar-refractivity contribution in [2.75, 3.05) is 0 Å². The largest absolute Gasteiger partial charge is 0.395 e. The van der Waals surface area contributed by atoms with Crippen LogP contribution in [0.25, 0.3) is 0 Å². The smallest absolute Gasteiger partial charge is 0.304 e. The van der Waals surface area contributed by atoms with E-state index >= 15 is 0 Å². The molecular formula is C9H9F4NS. The van der Waals surface area contributed by atoms with Gasteiger partial charge in [0.2, 0.25) is 0 Å². The summed E-state index contributed by atoms with van der Waals surface area (Å²) in [5, 5.41) is 8.29. The summed E-state index contributed by atoms with van der Waals surface area (Å²) in [7, 11) is 0. The molecule has 0 bridgehead atoms. The van der Waals surface area contributed by atoms with Crippen LogP contribution < -0.4 is 0 Å². The van der Waals surface area contributed by atoms with Crippen molar-refractivity contribution in [1.82, 2.24) is 0 Å². The van der Waals surface area contributed by atoms with Crippen molar-refractivity contribution in [1.29, 1.82) is 5.41 Å². The highest BCUT2D eigenvalue weighted by molar-refractivity contribution is 7.80. The van der Waals surface area contributed by atoms with Crippen molar-refractivity contribution in [2.45, 2.75) is 19.0 Å². The second kappa shape index (κ2) is 4.38. The molecule has 0 heterocycles. The van der Waals surface area contributed by atoms with Gasteiger partial charge in [-0.1, -0.05) is 12.2 Å². The van der Waals surface area contributed by atoms with Gasteiger partial charge in [0.15, 0.2) is 0 Å². The Morgan fingerprint density at radius 3 is 2.60 bits per heavy atom. The van der Waals surface area contributed by atoms with Crippen LogP contribution in [0.4, 0.5) is 17.6 Å². The van der Waals surface area contributed by atoms with Crippen molar-refractivity contribution in [2.24, 2.45) is 11.8 Å². The van der Waals surface area contributed by atoms with Gasteiger partial charge in [-0.2, -0.15) is 13.2 Å². The Labute approximate surface area is 89.7 Å². The van der Waals surface area contributed by atoms with Gasteiger partial charge in [-0.3, -0.25) is 0 Å². The lowest BCUT2D eigenvalue weighted by atomic mass is 9.83. The van der Waals surface area contributed by atoms with Gasteiger partial charge in [0.25, 0.3) is 0 Å². The number of halogens is 4. The monoisotopic (exact) mass is 239 g/mol. The third-order valence-corrected chi connectivity index (χ3v) is 2.60. The third-order valence-electron chi connectivity index (χ3n) is 2.35. The minimum Gasteiger partial charge on any atom is -0.304 e. The fourth-order valence-electron chi connectivity index (χ4n) is 1.54. The predicted molar refractivity (Wildman–Crippen MR) is 52.8 cm³/mol. The number of nitrogens with one attached hydrogen (secondary N) is 1. The number of alkyl halides is 3. The average Bonchev–Trinajstić information content (AvgIpc) is 2.14. The van der Waals surface area contributed by atoms with E-state index in [0.717, 1.165) is 5.37 Å². The van der Waals surface area contributed by atoms with E-state index in [9.17, 15) is 17.6 Å². The lowest BCUT2D eigenvalue weighted by Crippen LogP contribution is -2.30. The van der Waals surface area contributed by atoms with Crippen LogP contribution in [-0.4, -0.2) is 17.3 Å². The summed E-state index contributed by atoms with van der Waals surface area (Å²) in [6, 6.07) is 0. The Hall–Kier alpha value is -0.780. The molecule has 0 amide bonds. The first kappa shape index (κ1) is 12.3. The molecule has 15 heavy (non-hydrogen) atoms. The van der Waals surface area contributed by atoms with Crippen molar-refractivity contribution in [3.05, 3.63) is 11.9 Å². The van der Waals surface area contributed by atoms with Gasteiger partial charge in [-0.05, 0) is 12.5 Å². The second-order valence-corrected chi connectivity index (χ2v) is 3.71. The molecule has 1 nitrogen and oxygen atoms in total. The molecule has 0 aromatic rings. The molecule has 0 aliphatic heterocycles. The van der Waals surface area contributed by atoms with Crippen LogP contribution in [0.1, 0.15) is 12.8 Å². The number of rotatable bonds is 2. The van der Waals surface area contributed by atoms with E-state index in [4.69, 9.17) is 5.41 Å². The van der Waals surface area contributed by atoms with Crippen molar-refractivity contribution in [3.8, 4) is 0 Å². The zero-order chi connectivity index (χ0) is 11.6. The van der Waals surface area contributed by atoms with Gasteiger partial charge >= 0.3 is 6.18 Å². The van der Waals surface area contributed by atoms with Gasteiger partial charge in [0.1, 0.15) is 0 Å². The summed E-state index contributed by atoms with van der Waals surface area (Å²) >= 11 is 4.45. The molecule has 0 aromatic carbocycles. The number of hydrogen-bond donors (Lipinski definition) is 1. The highest BCUT2D eigenvalue weighted by Crippen LogP contribution is 2.39. The molecule has 1 N–H and O–H groups in total. The van der Waals surface area contributed by atoms with Gasteiger partial charge in [0.05, 0.1) is 11.7 Å². The molecular weight excluding hydrogens is 230 g/mol. The molecule has 0 radical (unpaired) electrons. The van der Waals surface area contributed by atoms with Crippen LogP contribution in [0.5, 0.6) is 0 Å². The standard InChI is InChI=1S/C9H9F4NS/c10-7-2-5(8(14)4-15)1-6(3-7)9(11,12)13/h3-6,14H,1-2H2.